The van der Waals surface area contributed by atoms with Crippen molar-refractivity contribution in [3.63, 3.8) is 0 Å². The van der Waals surface area contributed by atoms with E-state index in [1.54, 1.807) is 14.2 Å². The van der Waals surface area contributed by atoms with Gasteiger partial charge in [-0.2, -0.15) is 0 Å². The number of rotatable bonds is 5. The number of hydrogen-bond acceptors (Lipinski definition) is 5. The maximum Gasteiger partial charge on any atom is 0.213 e. The summed E-state index contributed by atoms with van der Waals surface area (Å²) in [7, 11) is 3.33. The van der Waals surface area contributed by atoms with Crippen LogP contribution in [0.3, 0.4) is 0 Å². The van der Waals surface area contributed by atoms with Gasteiger partial charge < -0.3 is 14.6 Å². The highest BCUT2D eigenvalue weighted by molar-refractivity contribution is 5.15. The molecule has 1 fully saturated rings. The van der Waals surface area contributed by atoms with Gasteiger partial charge in [0.1, 0.15) is 0 Å². The van der Waals surface area contributed by atoms with Crippen molar-refractivity contribution in [3.05, 3.63) is 23.9 Å². The molecule has 5 nitrogen and oxygen atoms in total. The van der Waals surface area contributed by atoms with Crippen molar-refractivity contribution < 1.29 is 14.6 Å². The fraction of sp³-hybridized carbons (Fsp3) is 0.615. The van der Waals surface area contributed by atoms with Crippen LogP contribution in [-0.2, 0) is 11.3 Å². The van der Waals surface area contributed by atoms with Crippen molar-refractivity contribution in [2.75, 3.05) is 27.4 Å². The van der Waals surface area contributed by atoms with Crippen LogP contribution >= 0.6 is 0 Å². The van der Waals surface area contributed by atoms with E-state index in [2.05, 4.69) is 9.88 Å². The highest BCUT2D eigenvalue weighted by Gasteiger charge is 2.31. The van der Waals surface area contributed by atoms with Gasteiger partial charge in [0.15, 0.2) is 0 Å². The molecule has 1 aromatic heterocycles. The summed E-state index contributed by atoms with van der Waals surface area (Å²) >= 11 is 0. The zero-order chi connectivity index (χ0) is 13.0. The number of aliphatic hydroxyl groups excluding tert-OH is 1. The Hall–Kier alpha value is -1.17. The van der Waals surface area contributed by atoms with E-state index in [4.69, 9.17) is 9.47 Å². The largest absolute Gasteiger partial charge is 0.481 e. The molecule has 0 aromatic carbocycles. The van der Waals surface area contributed by atoms with Crippen LogP contribution in [-0.4, -0.2) is 54.5 Å². The van der Waals surface area contributed by atoms with Gasteiger partial charge in [0, 0.05) is 32.3 Å². The molecule has 2 atom stereocenters. The Morgan fingerprint density at radius 1 is 1.44 bits per heavy atom. The number of methoxy groups -OCH3 is 2. The molecule has 1 aliphatic heterocycles. The maximum absolute atomic E-state index is 9.39. The second-order valence-electron chi connectivity index (χ2n) is 4.53. The van der Waals surface area contributed by atoms with Crippen LogP contribution in [0.4, 0.5) is 0 Å². The third-order valence-corrected chi connectivity index (χ3v) is 3.39. The molecule has 0 unspecified atom stereocenters. The first-order valence-electron chi connectivity index (χ1n) is 6.14. The average Bonchev–Trinajstić information content (AvgIpc) is 2.81. The number of nitrogens with zero attached hydrogens (tertiary/aromatic N) is 2. The molecule has 0 saturated carbocycles. The number of pyridine rings is 1. The molecule has 0 amide bonds. The number of ether oxygens (including phenoxy) is 2. The maximum atomic E-state index is 9.39. The summed E-state index contributed by atoms with van der Waals surface area (Å²) in [5.74, 6) is 0.621. The summed E-state index contributed by atoms with van der Waals surface area (Å²) in [6, 6.07) is 5.88. The molecule has 1 saturated heterocycles. The Balaban J connectivity index is 2.03. The molecule has 0 aliphatic carbocycles. The van der Waals surface area contributed by atoms with E-state index in [0.29, 0.717) is 12.4 Å². The van der Waals surface area contributed by atoms with Crippen LogP contribution in [0.5, 0.6) is 5.88 Å². The standard InChI is InChI=1S/C13H20N2O3/c1-17-12-6-11(9-16)15(8-12)7-10-4-3-5-13(14-10)18-2/h3-5,11-12,16H,6-9H2,1-2H3/t11-,12-/m0/s1. The average molecular weight is 252 g/mol. The van der Waals surface area contributed by atoms with Gasteiger partial charge in [-0.15, -0.1) is 0 Å². The monoisotopic (exact) mass is 252 g/mol. The lowest BCUT2D eigenvalue weighted by atomic mass is 10.2. The fourth-order valence-corrected chi connectivity index (χ4v) is 2.36. The number of hydrogen-bond donors (Lipinski definition) is 1. The van der Waals surface area contributed by atoms with Crippen molar-refractivity contribution in [3.8, 4) is 5.88 Å². The highest BCUT2D eigenvalue weighted by atomic mass is 16.5. The van der Waals surface area contributed by atoms with Gasteiger partial charge >= 0.3 is 0 Å². The summed E-state index contributed by atoms with van der Waals surface area (Å²) in [6.45, 7) is 1.70. The van der Waals surface area contributed by atoms with Gasteiger partial charge in [-0.1, -0.05) is 6.07 Å². The second-order valence-corrected chi connectivity index (χ2v) is 4.53. The van der Waals surface area contributed by atoms with Crippen molar-refractivity contribution in [1.82, 2.24) is 9.88 Å². The van der Waals surface area contributed by atoms with Crippen LogP contribution in [0.15, 0.2) is 18.2 Å². The number of aromatic nitrogens is 1. The zero-order valence-corrected chi connectivity index (χ0v) is 10.9. The Morgan fingerprint density at radius 2 is 2.28 bits per heavy atom. The van der Waals surface area contributed by atoms with Gasteiger partial charge in [-0.05, 0) is 12.5 Å². The van der Waals surface area contributed by atoms with E-state index in [1.807, 2.05) is 18.2 Å². The Kier molecular flexibility index (Phi) is 4.52. The quantitative estimate of drug-likeness (QED) is 0.835. The lowest BCUT2D eigenvalue weighted by Gasteiger charge is -2.21. The molecule has 18 heavy (non-hydrogen) atoms. The minimum Gasteiger partial charge on any atom is -0.481 e. The van der Waals surface area contributed by atoms with Crippen LogP contribution in [0.25, 0.3) is 0 Å². The lowest BCUT2D eigenvalue weighted by molar-refractivity contribution is 0.107. The van der Waals surface area contributed by atoms with Crippen molar-refractivity contribution in [2.24, 2.45) is 0 Å². The second kappa shape index (κ2) is 6.13. The molecule has 1 aliphatic rings. The first-order valence-corrected chi connectivity index (χ1v) is 6.14. The molecule has 0 radical (unpaired) electrons. The summed E-state index contributed by atoms with van der Waals surface area (Å²) in [5, 5.41) is 9.39. The van der Waals surface area contributed by atoms with Crippen molar-refractivity contribution in [1.29, 1.82) is 0 Å². The van der Waals surface area contributed by atoms with Gasteiger partial charge in [0.2, 0.25) is 5.88 Å². The minimum atomic E-state index is 0.156. The molecular formula is C13H20N2O3. The van der Waals surface area contributed by atoms with Gasteiger partial charge in [-0.3, -0.25) is 4.90 Å². The van der Waals surface area contributed by atoms with E-state index in [0.717, 1.165) is 18.7 Å². The lowest BCUT2D eigenvalue weighted by Crippen LogP contribution is -2.32. The van der Waals surface area contributed by atoms with Crippen molar-refractivity contribution in [2.45, 2.75) is 25.1 Å². The van der Waals surface area contributed by atoms with Crippen LogP contribution in [0.2, 0.25) is 0 Å². The molecule has 5 heteroatoms. The van der Waals surface area contributed by atoms with Gasteiger partial charge in [0.25, 0.3) is 0 Å². The SMILES string of the molecule is COc1cccc(CN2C[C@@H](OC)C[C@H]2CO)n1. The van der Waals surface area contributed by atoms with E-state index < -0.39 is 0 Å². The number of aliphatic hydroxyl groups is 1. The summed E-state index contributed by atoms with van der Waals surface area (Å²) in [5.41, 5.74) is 0.949. The van der Waals surface area contributed by atoms with Gasteiger partial charge in [0.05, 0.1) is 25.5 Å². The fourth-order valence-electron chi connectivity index (χ4n) is 2.36. The van der Waals surface area contributed by atoms with E-state index in [9.17, 15) is 5.11 Å². The number of likely N-dealkylation sites (tertiary alicyclic amines) is 1. The molecule has 2 rings (SSSR count). The minimum absolute atomic E-state index is 0.156. The Bertz CT molecular complexity index is 386. The van der Waals surface area contributed by atoms with E-state index >= 15 is 0 Å². The predicted octanol–water partition coefficient (Wildman–Crippen LogP) is 0.672. The summed E-state index contributed by atoms with van der Waals surface area (Å²) < 4.78 is 10.5. The summed E-state index contributed by atoms with van der Waals surface area (Å²) in [4.78, 5) is 6.59. The Labute approximate surface area is 107 Å². The molecule has 100 valence electrons. The molecule has 0 spiro atoms. The van der Waals surface area contributed by atoms with E-state index in [-0.39, 0.29) is 18.8 Å². The molecule has 1 aromatic rings. The third kappa shape index (κ3) is 2.98. The topological polar surface area (TPSA) is 54.8 Å². The zero-order valence-electron chi connectivity index (χ0n) is 10.9. The van der Waals surface area contributed by atoms with E-state index in [1.165, 1.54) is 0 Å². The van der Waals surface area contributed by atoms with Crippen LogP contribution in [0.1, 0.15) is 12.1 Å². The predicted molar refractivity (Wildman–Crippen MR) is 67.5 cm³/mol. The highest BCUT2D eigenvalue weighted by Crippen LogP contribution is 2.22. The smallest absolute Gasteiger partial charge is 0.213 e. The van der Waals surface area contributed by atoms with Crippen molar-refractivity contribution >= 4 is 0 Å². The summed E-state index contributed by atoms with van der Waals surface area (Å²) in [6.07, 6.45) is 1.07. The normalized spacial score (nSPS) is 24.4. The first-order chi connectivity index (χ1) is 8.76. The van der Waals surface area contributed by atoms with Crippen LogP contribution in [0, 0.1) is 0 Å². The molecule has 0 bridgehead atoms. The Morgan fingerprint density at radius 3 is 2.94 bits per heavy atom. The molecular weight excluding hydrogens is 232 g/mol. The first kappa shape index (κ1) is 13.3. The van der Waals surface area contributed by atoms with Crippen LogP contribution < -0.4 is 4.74 Å². The molecule has 2 heterocycles. The molecule has 1 N–H and O–H groups in total. The third-order valence-electron chi connectivity index (χ3n) is 3.39. The van der Waals surface area contributed by atoms with Gasteiger partial charge in [-0.25, -0.2) is 4.98 Å².